The van der Waals surface area contributed by atoms with Gasteiger partial charge in [0, 0.05) is 24.5 Å². The SMILES string of the molecule is Cl.NC1CCCC2CN(C(=O)c3cc4ccccc4oc3=O)CC12. The molecule has 4 rings (SSSR count). The van der Waals surface area contributed by atoms with Crippen molar-refractivity contribution in [3.63, 3.8) is 0 Å². The Morgan fingerprint density at radius 1 is 1.21 bits per heavy atom. The molecule has 0 bridgehead atoms. The van der Waals surface area contributed by atoms with Crippen molar-refractivity contribution in [2.24, 2.45) is 17.6 Å². The molecule has 1 saturated heterocycles. The minimum atomic E-state index is -0.562. The molecule has 1 aromatic carbocycles. The van der Waals surface area contributed by atoms with Crippen molar-refractivity contribution < 1.29 is 9.21 Å². The van der Waals surface area contributed by atoms with E-state index >= 15 is 0 Å². The van der Waals surface area contributed by atoms with Crippen LogP contribution in [0.4, 0.5) is 0 Å². The fraction of sp³-hybridized carbons (Fsp3) is 0.444. The number of rotatable bonds is 1. The van der Waals surface area contributed by atoms with Gasteiger partial charge in [-0.2, -0.15) is 0 Å². The van der Waals surface area contributed by atoms with Crippen molar-refractivity contribution in [2.75, 3.05) is 13.1 Å². The smallest absolute Gasteiger partial charge is 0.349 e. The van der Waals surface area contributed by atoms with E-state index in [0.29, 0.717) is 30.5 Å². The Bertz CT molecular complexity index is 819. The number of halogens is 1. The Morgan fingerprint density at radius 3 is 2.79 bits per heavy atom. The van der Waals surface area contributed by atoms with Crippen LogP contribution in [0.25, 0.3) is 11.0 Å². The van der Waals surface area contributed by atoms with Crippen molar-refractivity contribution >= 4 is 29.3 Å². The van der Waals surface area contributed by atoms with E-state index < -0.39 is 5.63 Å². The van der Waals surface area contributed by atoms with Crippen molar-refractivity contribution in [3.8, 4) is 0 Å². The van der Waals surface area contributed by atoms with Gasteiger partial charge in [0.2, 0.25) is 0 Å². The summed E-state index contributed by atoms with van der Waals surface area (Å²) < 4.78 is 5.29. The summed E-state index contributed by atoms with van der Waals surface area (Å²) in [5.41, 5.74) is 6.27. The molecule has 5 nitrogen and oxygen atoms in total. The quantitative estimate of drug-likeness (QED) is 0.803. The van der Waals surface area contributed by atoms with E-state index in [1.165, 1.54) is 0 Å². The van der Waals surface area contributed by atoms with Crippen LogP contribution in [0, 0.1) is 11.8 Å². The first-order valence-electron chi connectivity index (χ1n) is 8.21. The Labute approximate surface area is 146 Å². The number of carbonyl (C=O) groups excluding carboxylic acids is 1. The first kappa shape index (κ1) is 17.0. The molecule has 1 aromatic heterocycles. The van der Waals surface area contributed by atoms with E-state index in [4.69, 9.17) is 10.2 Å². The zero-order valence-electron chi connectivity index (χ0n) is 13.3. The minimum absolute atomic E-state index is 0. The maximum Gasteiger partial charge on any atom is 0.349 e. The van der Waals surface area contributed by atoms with Crippen LogP contribution in [-0.4, -0.2) is 29.9 Å². The third-order valence-corrected chi connectivity index (χ3v) is 5.31. The molecule has 2 aromatic rings. The van der Waals surface area contributed by atoms with Crippen LogP contribution in [0.3, 0.4) is 0 Å². The Hall–Kier alpha value is -1.85. The summed E-state index contributed by atoms with van der Waals surface area (Å²) in [5, 5.41) is 0.767. The average Bonchev–Trinajstić information content (AvgIpc) is 2.99. The van der Waals surface area contributed by atoms with Gasteiger partial charge in [-0.3, -0.25) is 4.79 Å². The fourth-order valence-corrected chi connectivity index (χ4v) is 4.06. The molecule has 1 aliphatic carbocycles. The van der Waals surface area contributed by atoms with E-state index in [1.807, 2.05) is 12.1 Å². The second-order valence-corrected chi connectivity index (χ2v) is 6.71. The number of para-hydroxylation sites is 1. The van der Waals surface area contributed by atoms with Gasteiger partial charge in [0.1, 0.15) is 11.1 Å². The molecule has 6 heteroatoms. The summed E-state index contributed by atoms with van der Waals surface area (Å²) in [6.45, 7) is 1.35. The molecule has 3 unspecified atom stereocenters. The Morgan fingerprint density at radius 2 is 2.00 bits per heavy atom. The molecular formula is C18H21ClN2O3. The number of nitrogens with two attached hydrogens (primary N) is 1. The number of nitrogens with zero attached hydrogens (tertiary/aromatic N) is 1. The highest BCUT2D eigenvalue weighted by Gasteiger charge is 2.41. The number of hydrogen-bond acceptors (Lipinski definition) is 4. The number of carbonyl (C=O) groups is 1. The maximum atomic E-state index is 12.8. The van der Waals surface area contributed by atoms with E-state index in [-0.39, 0.29) is 29.9 Å². The highest BCUT2D eigenvalue weighted by Crippen LogP contribution is 2.36. The molecule has 1 saturated carbocycles. The van der Waals surface area contributed by atoms with Crippen molar-refractivity contribution in [1.82, 2.24) is 4.90 Å². The maximum absolute atomic E-state index is 12.8. The molecule has 3 atom stereocenters. The lowest BCUT2D eigenvalue weighted by molar-refractivity contribution is 0.0779. The topological polar surface area (TPSA) is 76.5 Å². The molecule has 2 heterocycles. The molecule has 2 fully saturated rings. The van der Waals surface area contributed by atoms with Gasteiger partial charge in [-0.05, 0) is 36.8 Å². The Balaban J connectivity index is 0.00000169. The Kier molecular flexibility index (Phi) is 4.65. The van der Waals surface area contributed by atoms with Crippen LogP contribution in [-0.2, 0) is 0 Å². The fourth-order valence-electron chi connectivity index (χ4n) is 4.06. The first-order valence-corrected chi connectivity index (χ1v) is 8.21. The average molecular weight is 349 g/mol. The third-order valence-electron chi connectivity index (χ3n) is 5.31. The summed E-state index contributed by atoms with van der Waals surface area (Å²) in [4.78, 5) is 26.7. The molecule has 0 radical (unpaired) electrons. The predicted molar refractivity (Wildman–Crippen MR) is 94.4 cm³/mol. The molecule has 2 N–H and O–H groups in total. The lowest BCUT2D eigenvalue weighted by Crippen LogP contribution is -2.38. The van der Waals surface area contributed by atoms with Crippen LogP contribution in [0.2, 0.25) is 0 Å². The van der Waals surface area contributed by atoms with Gasteiger partial charge < -0.3 is 15.1 Å². The molecular weight excluding hydrogens is 328 g/mol. The number of benzene rings is 1. The van der Waals surface area contributed by atoms with E-state index in [1.54, 1.807) is 23.1 Å². The standard InChI is InChI=1S/C18H20N2O3.ClH/c19-15-6-3-5-12-9-20(10-14(12)15)17(21)13-8-11-4-1-2-7-16(11)23-18(13)22;/h1-2,4,7-8,12,14-15H,3,5-6,9-10,19H2;1H. The highest BCUT2D eigenvalue weighted by atomic mass is 35.5. The van der Waals surface area contributed by atoms with Crippen molar-refractivity contribution in [3.05, 3.63) is 46.3 Å². The normalized spacial score (nSPS) is 26.0. The zero-order chi connectivity index (χ0) is 16.0. The molecule has 128 valence electrons. The number of likely N-dealkylation sites (tertiary alicyclic amines) is 1. The summed E-state index contributed by atoms with van der Waals surface area (Å²) in [5.74, 6) is 0.599. The van der Waals surface area contributed by atoms with Crippen LogP contribution in [0.5, 0.6) is 0 Å². The van der Waals surface area contributed by atoms with Crippen LogP contribution < -0.4 is 11.4 Å². The van der Waals surface area contributed by atoms with Crippen LogP contribution in [0.1, 0.15) is 29.6 Å². The van der Waals surface area contributed by atoms with E-state index in [9.17, 15) is 9.59 Å². The second kappa shape index (κ2) is 6.57. The van der Waals surface area contributed by atoms with Gasteiger partial charge in [0.25, 0.3) is 5.91 Å². The monoisotopic (exact) mass is 348 g/mol. The lowest BCUT2D eigenvalue weighted by atomic mass is 9.78. The zero-order valence-corrected chi connectivity index (χ0v) is 14.1. The van der Waals surface area contributed by atoms with Crippen LogP contribution >= 0.6 is 12.4 Å². The van der Waals surface area contributed by atoms with E-state index in [0.717, 1.165) is 24.6 Å². The summed E-state index contributed by atoms with van der Waals surface area (Å²) >= 11 is 0. The molecule has 24 heavy (non-hydrogen) atoms. The summed E-state index contributed by atoms with van der Waals surface area (Å²) in [6.07, 6.45) is 3.28. The van der Waals surface area contributed by atoms with Crippen molar-refractivity contribution in [2.45, 2.75) is 25.3 Å². The van der Waals surface area contributed by atoms with Gasteiger partial charge in [0.15, 0.2) is 0 Å². The molecule has 1 aliphatic heterocycles. The van der Waals surface area contributed by atoms with Gasteiger partial charge in [-0.25, -0.2) is 4.79 Å². The molecule has 0 spiro atoms. The highest BCUT2D eigenvalue weighted by molar-refractivity contribution is 5.96. The van der Waals surface area contributed by atoms with Gasteiger partial charge in [0.05, 0.1) is 0 Å². The van der Waals surface area contributed by atoms with Crippen molar-refractivity contribution in [1.29, 1.82) is 0 Å². The predicted octanol–water partition coefficient (Wildman–Crippen LogP) is 2.41. The molecule has 1 amide bonds. The van der Waals surface area contributed by atoms with Gasteiger partial charge >= 0.3 is 5.63 Å². The third kappa shape index (κ3) is 2.82. The van der Waals surface area contributed by atoms with E-state index in [2.05, 4.69) is 0 Å². The minimum Gasteiger partial charge on any atom is -0.422 e. The number of hydrogen-bond donors (Lipinski definition) is 1. The largest absolute Gasteiger partial charge is 0.422 e. The van der Waals surface area contributed by atoms with Crippen LogP contribution in [0.15, 0.2) is 39.5 Å². The molecule has 2 aliphatic rings. The summed E-state index contributed by atoms with van der Waals surface area (Å²) in [6, 6.07) is 9.05. The van der Waals surface area contributed by atoms with Gasteiger partial charge in [-0.1, -0.05) is 24.6 Å². The first-order chi connectivity index (χ1) is 11.1. The number of amides is 1. The lowest BCUT2D eigenvalue weighted by Gasteiger charge is -2.29. The van der Waals surface area contributed by atoms with Gasteiger partial charge in [-0.15, -0.1) is 12.4 Å². The number of fused-ring (bicyclic) bond motifs is 2. The summed E-state index contributed by atoms with van der Waals surface area (Å²) in [7, 11) is 0. The second-order valence-electron chi connectivity index (χ2n) is 6.71.